The molecule has 2 aromatic rings. The minimum atomic E-state index is -0.512. The van der Waals surface area contributed by atoms with Gasteiger partial charge in [0.15, 0.2) is 5.03 Å². The lowest BCUT2D eigenvalue weighted by atomic mass is 10.3. The molecular formula is C9H12N6O2S. The number of hydrogen-bond acceptors (Lipinski definition) is 6. The van der Waals surface area contributed by atoms with E-state index in [0.29, 0.717) is 10.2 Å². The van der Waals surface area contributed by atoms with Crippen LogP contribution in [0, 0.1) is 10.1 Å². The molecule has 0 bridgehead atoms. The van der Waals surface area contributed by atoms with Gasteiger partial charge in [0, 0.05) is 13.5 Å². The Morgan fingerprint density at radius 1 is 1.61 bits per heavy atom. The third kappa shape index (κ3) is 2.50. The molecule has 0 atom stereocenters. The van der Waals surface area contributed by atoms with Gasteiger partial charge in [-0.15, -0.1) is 5.10 Å². The Bertz CT molecular complexity index is 563. The summed E-state index contributed by atoms with van der Waals surface area (Å²) in [6.45, 7) is 2.04. The predicted octanol–water partition coefficient (Wildman–Crippen LogP) is 1.55. The van der Waals surface area contributed by atoms with Crippen LogP contribution in [-0.2, 0) is 13.5 Å². The second-order valence-electron chi connectivity index (χ2n) is 3.66. The summed E-state index contributed by atoms with van der Waals surface area (Å²) < 4.78 is 1.58. The molecule has 1 N–H and O–H groups in total. The zero-order valence-corrected chi connectivity index (χ0v) is 10.8. The second kappa shape index (κ2) is 5.17. The molecule has 0 amide bonds. The van der Waals surface area contributed by atoms with Crippen molar-refractivity contribution in [2.24, 2.45) is 7.05 Å². The molecule has 0 saturated carbocycles. The summed E-state index contributed by atoms with van der Waals surface area (Å²) in [5.74, 6) is 0.606. The fraction of sp³-hybridized carbons (Fsp3) is 0.444. The maximum Gasteiger partial charge on any atom is 0.396 e. The molecule has 0 aliphatic heterocycles. The average molecular weight is 268 g/mol. The molecule has 0 saturated heterocycles. The summed E-state index contributed by atoms with van der Waals surface area (Å²) in [5, 5.41) is 18.5. The van der Waals surface area contributed by atoms with Crippen molar-refractivity contribution in [1.82, 2.24) is 24.7 Å². The van der Waals surface area contributed by atoms with Crippen LogP contribution >= 0.6 is 11.8 Å². The molecule has 2 heterocycles. The molecule has 2 aromatic heterocycles. The Labute approximate surface area is 107 Å². The van der Waals surface area contributed by atoms with E-state index in [1.165, 1.54) is 6.33 Å². The second-order valence-corrected chi connectivity index (χ2v) is 4.61. The standard InChI is InChI=1S/C9H12N6O2S/c1-3-4-6-11-9(13-12-6)18-8-7(15(16)17)10-5-14(8)2/h5H,3-4H2,1-2H3,(H,11,12,13). The number of nitrogens with zero attached hydrogens (tertiary/aromatic N) is 5. The van der Waals surface area contributed by atoms with Crippen LogP contribution in [0.4, 0.5) is 5.82 Å². The van der Waals surface area contributed by atoms with Gasteiger partial charge in [-0.05, 0) is 28.1 Å². The molecule has 0 radical (unpaired) electrons. The number of hydrogen-bond donors (Lipinski definition) is 1. The van der Waals surface area contributed by atoms with Crippen LogP contribution < -0.4 is 0 Å². The lowest BCUT2D eigenvalue weighted by molar-refractivity contribution is -0.392. The van der Waals surface area contributed by atoms with Gasteiger partial charge in [-0.3, -0.25) is 5.10 Å². The van der Waals surface area contributed by atoms with Crippen LogP contribution in [0.3, 0.4) is 0 Å². The Morgan fingerprint density at radius 3 is 3.06 bits per heavy atom. The van der Waals surface area contributed by atoms with Crippen LogP contribution in [-0.4, -0.2) is 29.7 Å². The van der Waals surface area contributed by atoms with Gasteiger partial charge < -0.3 is 14.7 Å². The lowest BCUT2D eigenvalue weighted by Gasteiger charge is -1.97. The van der Waals surface area contributed by atoms with Crippen molar-refractivity contribution in [2.45, 2.75) is 29.9 Å². The predicted molar refractivity (Wildman–Crippen MR) is 64.4 cm³/mol. The molecule has 9 heteroatoms. The highest BCUT2D eigenvalue weighted by molar-refractivity contribution is 7.99. The third-order valence-electron chi connectivity index (χ3n) is 2.22. The van der Waals surface area contributed by atoms with Crippen LogP contribution in [0.1, 0.15) is 19.2 Å². The molecule has 0 fully saturated rings. The zero-order chi connectivity index (χ0) is 13.1. The molecule has 0 aliphatic rings. The maximum absolute atomic E-state index is 10.8. The summed E-state index contributed by atoms with van der Waals surface area (Å²) in [7, 11) is 1.70. The minimum absolute atomic E-state index is 0.177. The summed E-state index contributed by atoms with van der Waals surface area (Å²) >= 11 is 1.13. The highest BCUT2D eigenvalue weighted by Gasteiger charge is 2.22. The van der Waals surface area contributed by atoms with Crippen LogP contribution in [0.5, 0.6) is 0 Å². The van der Waals surface area contributed by atoms with Crippen LogP contribution in [0.25, 0.3) is 0 Å². The lowest BCUT2D eigenvalue weighted by Crippen LogP contribution is -1.94. The first-order valence-electron chi connectivity index (χ1n) is 5.36. The SMILES string of the molecule is CCCc1nc(Sc2c([N+](=O)[O-])ncn2C)n[nH]1. The Morgan fingerprint density at radius 2 is 2.39 bits per heavy atom. The van der Waals surface area contributed by atoms with Gasteiger partial charge in [0.2, 0.25) is 11.5 Å². The van der Waals surface area contributed by atoms with Gasteiger partial charge in [0.05, 0.1) is 0 Å². The summed E-state index contributed by atoms with van der Waals surface area (Å²) in [5.41, 5.74) is 0. The van der Waals surface area contributed by atoms with E-state index in [2.05, 4.69) is 20.2 Å². The van der Waals surface area contributed by atoms with Crippen LogP contribution in [0.15, 0.2) is 16.5 Å². The van der Waals surface area contributed by atoms with E-state index in [1.807, 2.05) is 6.92 Å². The number of aromatic amines is 1. The zero-order valence-electron chi connectivity index (χ0n) is 9.95. The minimum Gasteiger partial charge on any atom is -0.358 e. The molecule has 18 heavy (non-hydrogen) atoms. The topological polar surface area (TPSA) is 103 Å². The van der Waals surface area contributed by atoms with Crippen molar-refractivity contribution in [3.63, 3.8) is 0 Å². The third-order valence-corrected chi connectivity index (χ3v) is 3.25. The highest BCUT2D eigenvalue weighted by Crippen LogP contribution is 2.31. The quantitative estimate of drug-likeness (QED) is 0.652. The fourth-order valence-corrected chi connectivity index (χ4v) is 2.24. The fourth-order valence-electron chi connectivity index (χ4n) is 1.41. The Kier molecular flexibility index (Phi) is 3.60. The molecular weight excluding hydrogens is 256 g/mol. The normalized spacial score (nSPS) is 10.8. The van der Waals surface area contributed by atoms with Crippen molar-refractivity contribution in [2.75, 3.05) is 0 Å². The van der Waals surface area contributed by atoms with Crippen LogP contribution in [0.2, 0.25) is 0 Å². The molecule has 2 rings (SSSR count). The van der Waals surface area contributed by atoms with Gasteiger partial charge in [0.25, 0.3) is 0 Å². The summed E-state index contributed by atoms with van der Waals surface area (Å²) in [4.78, 5) is 18.3. The smallest absolute Gasteiger partial charge is 0.358 e. The molecule has 8 nitrogen and oxygen atoms in total. The monoisotopic (exact) mass is 268 g/mol. The van der Waals surface area contributed by atoms with Crippen molar-refractivity contribution >= 4 is 17.6 Å². The number of nitrogens with one attached hydrogen (secondary N) is 1. The van der Waals surface area contributed by atoms with E-state index in [-0.39, 0.29) is 5.82 Å². The number of aryl methyl sites for hydroxylation is 2. The van der Waals surface area contributed by atoms with Crippen molar-refractivity contribution < 1.29 is 4.92 Å². The van der Waals surface area contributed by atoms with E-state index in [0.717, 1.165) is 30.4 Å². The van der Waals surface area contributed by atoms with Gasteiger partial charge >= 0.3 is 5.82 Å². The van der Waals surface area contributed by atoms with Crippen molar-refractivity contribution in [1.29, 1.82) is 0 Å². The van der Waals surface area contributed by atoms with E-state index in [4.69, 9.17) is 0 Å². The number of imidazole rings is 1. The van der Waals surface area contributed by atoms with Gasteiger partial charge in [-0.1, -0.05) is 6.92 Å². The van der Waals surface area contributed by atoms with E-state index in [1.54, 1.807) is 11.6 Å². The Hall–Kier alpha value is -1.90. The average Bonchev–Trinajstić information content (AvgIpc) is 2.89. The molecule has 0 aliphatic carbocycles. The number of aromatic nitrogens is 5. The molecule has 0 unspecified atom stereocenters. The maximum atomic E-state index is 10.8. The number of H-pyrrole nitrogens is 1. The molecule has 0 spiro atoms. The number of rotatable bonds is 5. The van der Waals surface area contributed by atoms with Gasteiger partial charge in [-0.2, -0.15) is 0 Å². The molecule has 0 aromatic carbocycles. The van der Waals surface area contributed by atoms with Gasteiger partial charge in [0.1, 0.15) is 5.82 Å². The largest absolute Gasteiger partial charge is 0.396 e. The number of nitro groups is 1. The van der Waals surface area contributed by atoms with Crippen molar-refractivity contribution in [3.8, 4) is 0 Å². The Balaban J connectivity index is 2.22. The van der Waals surface area contributed by atoms with E-state index >= 15 is 0 Å². The summed E-state index contributed by atoms with van der Waals surface area (Å²) in [6.07, 6.45) is 3.17. The van der Waals surface area contributed by atoms with E-state index < -0.39 is 4.92 Å². The van der Waals surface area contributed by atoms with Gasteiger partial charge in [-0.25, -0.2) is 4.98 Å². The first-order valence-corrected chi connectivity index (χ1v) is 6.18. The van der Waals surface area contributed by atoms with Crippen molar-refractivity contribution in [3.05, 3.63) is 22.3 Å². The first-order chi connectivity index (χ1) is 8.61. The molecule has 96 valence electrons. The van der Waals surface area contributed by atoms with E-state index in [9.17, 15) is 10.1 Å². The summed E-state index contributed by atoms with van der Waals surface area (Å²) in [6, 6.07) is 0. The highest BCUT2D eigenvalue weighted by atomic mass is 32.2. The first kappa shape index (κ1) is 12.6.